The highest BCUT2D eigenvalue weighted by Crippen LogP contribution is 2.25. The maximum absolute atomic E-state index is 6.42. The zero-order valence-electron chi connectivity index (χ0n) is 14.4. The van der Waals surface area contributed by atoms with Crippen LogP contribution < -0.4 is 5.73 Å². The molecule has 2 heteroatoms. The summed E-state index contributed by atoms with van der Waals surface area (Å²) in [7, 11) is 4.16. The Morgan fingerprint density at radius 3 is 1.73 bits per heavy atom. The molecular weight excluding hydrogens is 268 g/mol. The van der Waals surface area contributed by atoms with E-state index >= 15 is 0 Å². The number of benzene rings is 2. The van der Waals surface area contributed by atoms with E-state index in [2.05, 4.69) is 88.3 Å². The predicted octanol–water partition coefficient (Wildman–Crippen LogP) is 4.09. The molecule has 1 atom stereocenters. The van der Waals surface area contributed by atoms with Gasteiger partial charge in [-0.15, -0.1) is 0 Å². The topological polar surface area (TPSA) is 29.3 Å². The average Bonchev–Trinajstić information content (AvgIpc) is 2.46. The first-order chi connectivity index (χ1) is 10.3. The summed E-state index contributed by atoms with van der Waals surface area (Å²) in [6, 6.07) is 17.2. The summed E-state index contributed by atoms with van der Waals surface area (Å²) in [6.45, 7) is 7.64. The van der Waals surface area contributed by atoms with Gasteiger partial charge in [0.1, 0.15) is 0 Å². The van der Waals surface area contributed by atoms with Crippen LogP contribution in [0.5, 0.6) is 0 Å². The smallest absolute Gasteiger partial charge is 0.0551 e. The number of hydrogen-bond donors (Lipinski definition) is 1. The zero-order chi connectivity index (χ0) is 16.3. The molecule has 0 heterocycles. The first-order valence-electron chi connectivity index (χ1n) is 7.87. The van der Waals surface area contributed by atoms with Crippen molar-refractivity contribution in [1.29, 1.82) is 0 Å². The molecule has 0 spiro atoms. The Morgan fingerprint density at radius 1 is 0.864 bits per heavy atom. The standard InChI is InChI=1S/C20H28N2/c1-20(2,3)18-12-10-17(11-13-18)19(21)16-8-6-15(7-9-16)14-22(4)5/h6-13,19H,14,21H2,1-5H3. The van der Waals surface area contributed by atoms with Gasteiger partial charge in [0.2, 0.25) is 0 Å². The molecule has 22 heavy (non-hydrogen) atoms. The third-order valence-corrected chi connectivity index (χ3v) is 3.97. The molecule has 0 aromatic heterocycles. The fourth-order valence-electron chi connectivity index (χ4n) is 2.58. The van der Waals surface area contributed by atoms with Crippen molar-refractivity contribution < 1.29 is 0 Å². The highest BCUT2D eigenvalue weighted by molar-refractivity contribution is 5.36. The van der Waals surface area contributed by atoms with E-state index < -0.39 is 0 Å². The Hall–Kier alpha value is -1.64. The second-order valence-corrected chi connectivity index (χ2v) is 7.33. The summed E-state index contributed by atoms with van der Waals surface area (Å²) < 4.78 is 0. The normalized spacial score (nSPS) is 13.4. The van der Waals surface area contributed by atoms with Crippen molar-refractivity contribution >= 4 is 0 Å². The molecule has 2 rings (SSSR count). The van der Waals surface area contributed by atoms with Crippen LogP contribution in [0.25, 0.3) is 0 Å². The van der Waals surface area contributed by atoms with Crippen LogP contribution in [0.1, 0.15) is 49.1 Å². The predicted molar refractivity (Wildman–Crippen MR) is 95.0 cm³/mol. The van der Waals surface area contributed by atoms with Gasteiger partial charge < -0.3 is 10.6 Å². The van der Waals surface area contributed by atoms with Crippen LogP contribution in [0.4, 0.5) is 0 Å². The van der Waals surface area contributed by atoms with Crippen LogP contribution in [-0.2, 0) is 12.0 Å². The van der Waals surface area contributed by atoms with Crippen LogP contribution >= 0.6 is 0 Å². The Balaban J connectivity index is 2.15. The van der Waals surface area contributed by atoms with E-state index in [0.717, 1.165) is 17.7 Å². The van der Waals surface area contributed by atoms with E-state index in [0.29, 0.717) is 0 Å². The molecule has 0 radical (unpaired) electrons. The molecule has 0 aliphatic rings. The molecule has 0 amide bonds. The third-order valence-electron chi connectivity index (χ3n) is 3.97. The molecule has 0 saturated heterocycles. The molecule has 2 aromatic carbocycles. The first-order valence-corrected chi connectivity index (χ1v) is 7.87. The molecule has 1 unspecified atom stereocenters. The van der Waals surface area contributed by atoms with Gasteiger partial charge in [0.05, 0.1) is 6.04 Å². The maximum Gasteiger partial charge on any atom is 0.0551 e. The minimum Gasteiger partial charge on any atom is -0.320 e. The summed E-state index contributed by atoms with van der Waals surface area (Å²) in [5.74, 6) is 0. The van der Waals surface area contributed by atoms with Gasteiger partial charge in [-0.05, 0) is 41.8 Å². The van der Waals surface area contributed by atoms with Gasteiger partial charge in [-0.1, -0.05) is 69.3 Å². The van der Waals surface area contributed by atoms with E-state index in [-0.39, 0.29) is 11.5 Å². The molecule has 2 N–H and O–H groups in total. The summed E-state index contributed by atoms with van der Waals surface area (Å²) in [5, 5.41) is 0. The van der Waals surface area contributed by atoms with Crippen LogP contribution in [0, 0.1) is 0 Å². The van der Waals surface area contributed by atoms with Crippen molar-refractivity contribution in [2.24, 2.45) is 5.73 Å². The summed E-state index contributed by atoms with van der Waals surface area (Å²) in [6.07, 6.45) is 0. The monoisotopic (exact) mass is 296 g/mol. The van der Waals surface area contributed by atoms with Crippen LogP contribution in [0.15, 0.2) is 48.5 Å². The second kappa shape index (κ2) is 6.64. The lowest BCUT2D eigenvalue weighted by Crippen LogP contribution is -2.14. The van der Waals surface area contributed by atoms with E-state index in [1.807, 2.05) is 0 Å². The van der Waals surface area contributed by atoms with Gasteiger partial charge in [-0.2, -0.15) is 0 Å². The molecule has 0 fully saturated rings. The Morgan fingerprint density at radius 2 is 1.32 bits per heavy atom. The molecule has 118 valence electrons. The SMILES string of the molecule is CN(C)Cc1ccc(C(N)c2ccc(C(C)(C)C)cc2)cc1. The van der Waals surface area contributed by atoms with Gasteiger partial charge in [0.25, 0.3) is 0 Å². The van der Waals surface area contributed by atoms with Crippen molar-refractivity contribution in [2.45, 2.75) is 38.8 Å². The Labute approximate surface area is 135 Å². The lowest BCUT2D eigenvalue weighted by atomic mass is 9.86. The average molecular weight is 296 g/mol. The molecule has 0 aliphatic heterocycles. The van der Waals surface area contributed by atoms with Crippen molar-refractivity contribution in [1.82, 2.24) is 4.90 Å². The lowest BCUT2D eigenvalue weighted by molar-refractivity contribution is 0.402. The number of nitrogens with zero attached hydrogens (tertiary/aromatic N) is 1. The zero-order valence-corrected chi connectivity index (χ0v) is 14.4. The molecule has 0 bridgehead atoms. The Bertz CT molecular complexity index is 589. The van der Waals surface area contributed by atoms with Crippen molar-refractivity contribution in [3.63, 3.8) is 0 Å². The minimum absolute atomic E-state index is 0.0672. The van der Waals surface area contributed by atoms with E-state index in [1.165, 1.54) is 11.1 Å². The van der Waals surface area contributed by atoms with Gasteiger partial charge in [-0.3, -0.25) is 0 Å². The fourth-order valence-corrected chi connectivity index (χ4v) is 2.58. The quantitative estimate of drug-likeness (QED) is 0.920. The number of rotatable bonds is 4. The van der Waals surface area contributed by atoms with E-state index in [9.17, 15) is 0 Å². The summed E-state index contributed by atoms with van der Waals surface area (Å²) >= 11 is 0. The fraction of sp³-hybridized carbons (Fsp3) is 0.400. The maximum atomic E-state index is 6.42. The van der Waals surface area contributed by atoms with Crippen LogP contribution in [0.3, 0.4) is 0 Å². The first kappa shape index (κ1) is 16.7. The van der Waals surface area contributed by atoms with Gasteiger partial charge >= 0.3 is 0 Å². The second-order valence-electron chi connectivity index (χ2n) is 7.33. The van der Waals surface area contributed by atoms with Crippen molar-refractivity contribution in [2.75, 3.05) is 14.1 Å². The van der Waals surface area contributed by atoms with Crippen LogP contribution in [0.2, 0.25) is 0 Å². The van der Waals surface area contributed by atoms with Gasteiger partial charge in [0, 0.05) is 6.54 Å². The third kappa shape index (κ3) is 4.19. The van der Waals surface area contributed by atoms with Gasteiger partial charge in [0.15, 0.2) is 0 Å². The number of hydrogen-bond acceptors (Lipinski definition) is 2. The van der Waals surface area contributed by atoms with Crippen molar-refractivity contribution in [3.8, 4) is 0 Å². The van der Waals surface area contributed by atoms with Crippen LogP contribution in [-0.4, -0.2) is 19.0 Å². The van der Waals surface area contributed by atoms with Crippen molar-refractivity contribution in [3.05, 3.63) is 70.8 Å². The number of nitrogens with two attached hydrogens (primary N) is 1. The highest BCUT2D eigenvalue weighted by atomic mass is 15.0. The summed E-state index contributed by atoms with van der Waals surface area (Å²) in [4.78, 5) is 2.17. The molecular formula is C20H28N2. The highest BCUT2D eigenvalue weighted by Gasteiger charge is 2.14. The molecule has 0 aliphatic carbocycles. The van der Waals surface area contributed by atoms with Gasteiger partial charge in [-0.25, -0.2) is 0 Å². The summed E-state index contributed by atoms with van der Waals surface area (Å²) in [5.41, 5.74) is 11.6. The van der Waals surface area contributed by atoms with E-state index in [1.54, 1.807) is 0 Å². The Kier molecular flexibility index (Phi) is 5.05. The molecule has 2 aromatic rings. The van der Waals surface area contributed by atoms with E-state index in [4.69, 9.17) is 5.73 Å². The minimum atomic E-state index is -0.0672. The molecule has 0 saturated carbocycles. The molecule has 2 nitrogen and oxygen atoms in total. The largest absolute Gasteiger partial charge is 0.320 e. The lowest BCUT2D eigenvalue weighted by Gasteiger charge is -2.20.